The SMILES string of the molecule is CC(F)(F)c1ccc(C(O)C2CC2)cc1. The molecule has 3 heteroatoms. The van der Waals surface area contributed by atoms with Crippen molar-refractivity contribution in [1.82, 2.24) is 0 Å². The maximum absolute atomic E-state index is 12.9. The first-order valence-corrected chi connectivity index (χ1v) is 5.15. The first-order chi connectivity index (χ1) is 6.98. The van der Waals surface area contributed by atoms with Crippen molar-refractivity contribution >= 4 is 0 Å². The standard InChI is InChI=1S/C12H14F2O/c1-12(13,14)10-6-4-9(5-7-10)11(15)8-2-3-8/h4-8,11,15H,2-3H2,1H3. The van der Waals surface area contributed by atoms with Crippen LogP contribution in [0.5, 0.6) is 0 Å². The highest BCUT2D eigenvalue weighted by Gasteiger charge is 2.31. The van der Waals surface area contributed by atoms with Gasteiger partial charge in [-0.25, -0.2) is 8.78 Å². The molecule has 1 saturated carbocycles. The third kappa shape index (κ3) is 2.34. The Labute approximate surface area is 87.7 Å². The Balaban J connectivity index is 2.16. The van der Waals surface area contributed by atoms with E-state index in [-0.39, 0.29) is 5.56 Å². The van der Waals surface area contributed by atoms with Crippen molar-refractivity contribution in [1.29, 1.82) is 0 Å². The van der Waals surface area contributed by atoms with Crippen LogP contribution in [-0.2, 0) is 5.92 Å². The third-order valence-electron chi connectivity index (χ3n) is 2.83. The minimum absolute atomic E-state index is 0.00533. The molecule has 0 radical (unpaired) electrons. The van der Waals surface area contributed by atoms with Gasteiger partial charge in [0.25, 0.3) is 5.92 Å². The Kier molecular flexibility index (Phi) is 2.51. The number of hydrogen-bond donors (Lipinski definition) is 1. The minimum atomic E-state index is -2.80. The van der Waals surface area contributed by atoms with E-state index in [4.69, 9.17) is 0 Å². The molecule has 1 N–H and O–H groups in total. The average molecular weight is 212 g/mol. The van der Waals surface area contributed by atoms with Gasteiger partial charge < -0.3 is 5.11 Å². The van der Waals surface area contributed by atoms with E-state index < -0.39 is 12.0 Å². The second-order valence-electron chi connectivity index (χ2n) is 4.29. The van der Waals surface area contributed by atoms with Crippen LogP contribution in [0.15, 0.2) is 24.3 Å². The highest BCUT2D eigenvalue weighted by molar-refractivity contribution is 5.27. The molecule has 0 spiro atoms. The van der Waals surface area contributed by atoms with Gasteiger partial charge in [-0.15, -0.1) is 0 Å². The van der Waals surface area contributed by atoms with E-state index in [9.17, 15) is 13.9 Å². The Hall–Kier alpha value is -0.960. The molecule has 1 aromatic rings. The maximum Gasteiger partial charge on any atom is 0.270 e. The van der Waals surface area contributed by atoms with Gasteiger partial charge in [0.05, 0.1) is 6.10 Å². The van der Waals surface area contributed by atoms with Gasteiger partial charge in [-0.1, -0.05) is 24.3 Å². The zero-order valence-corrected chi connectivity index (χ0v) is 8.58. The number of alkyl halides is 2. The predicted octanol–water partition coefficient (Wildman–Crippen LogP) is 3.24. The Morgan fingerprint density at radius 2 is 1.80 bits per heavy atom. The zero-order chi connectivity index (χ0) is 11.1. The molecule has 82 valence electrons. The van der Waals surface area contributed by atoms with Crippen molar-refractivity contribution in [2.75, 3.05) is 0 Å². The summed E-state index contributed by atoms with van der Waals surface area (Å²) in [6.07, 6.45) is 1.59. The molecular formula is C12H14F2O. The molecule has 0 heterocycles. The van der Waals surface area contributed by atoms with Crippen molar-refractivity contribution in [2.45, 2.75) is 31.8 Å². The number of hydrogen-bond acceptors (Lipinski definition) is 1. The van der Waals surface area contributed by atoms with Gasteiger partial charge in [-0.05, 0) is 24.3 Å². The number of benzene rings is 1. The number of halogens is 2. The first-order valence-electron chi connectivity index (χ1n) is 5.15. The lowest BCUT2D eigenvalue weighted by Gasteiger charge is -2.13. The summed E-state index contributed by atoms with van der Waals surface area (Å²) >= 11 is 0. The van der Waals surface area contributed by atoms with Crippen LogP contribution in [-0.4, -0.2) is 5.11 Å². The molecule has 2 rings (SSSR count). The molecule has 1 aliphatic rings. The monoisotopic (exact) mass is 212 g/mol. The van der Waals surface area contributed by atoms with Gasteiger partial charge >= 0.3 is 0 Å². The van der Waals surface area contributed by atoms with Crippen LogP contribution in [0.4, 0.5) is 8.78 Å². The molecule has 1 unspecified atom stereocenters. The second-order valence-corrected chi connectivity index (χ2v) is 4.29. The van der Waals surface area contributed by atoms with Crippen molar-refractivity contribution in [3.05, 3.63) is 35.4 Å². The summed E-state index contributed by atoms with van der Waals surface area (Å²) in [5.41, 5.74) is 0.736. The maximum atomic E-state index is 12.9. The summed E-state index contributed by atoms with van der Waals surface area (Å²) in [7, 11) is 0. The molecule has 1 aromatic carbocycles. The fourth-order valence-corrected chi connectivity index (χ4v) is 1.66. The summed E-state index contributed by atoms with van der Waals surface area (Å²) in [5.74, 6) is -2.47. The molecule has 0 amide bonds. The van der Waals surface area contributed by atoms with Gasteiger partial charge in [0.2, 0.25) is 0 Å². The van der Waals surface area contributed by atoms with Gasteiger partial charge in [-0.2, -0.15) is 0 Å². The lowest BCUT2D eigenvalue weighted by molar-refractivity contribution is 0.0174. The topological polar surface area (TPSA) is 20.2 Å². The summed E-state index contributed by atoms with van der Waals surface area (Å²) in [6, 6.07) is 5.97. The fourth-order valence-electron chi connectivity index (χ4n) is 1.66. The predicted molar refractivity (Wildman–Crippen MR) is 53.7 cm³/mol. The molecule has 1 aliphatic carbocycles. The van der Waals surface area contributed by atoms with Crippen LogP contribution in [0.2, 0.25) is 0 Å². The van der Waals surface area contributed by atoms with Gasteiger partial charge in [0.15, 0.2) is 0 Å². The number of aliphatic hydroxyl groups excluding tert-OH is 1. The summed E-state index contributed by atoms with van der Waals surface area (Å²) < 4.78 is 25.8. The normalized spacial score (nSPS) is 18.9. The zero-order valence-electron chi connectivity index (χ0n) is 8.58. The Bertz CT molecular complexity index is 336. The van der Waals surface area contributed by atoms with E-state index in [1.54, 1.807) is 12.1 Å². The molecule has 15 heavy (non-hydrogen) atoms. The van der Waals surface area contributed by atoms with Crippen LogP contribution >= 0.6 is 0 Å². The Morgan fingerprint density at radius 3 is 2.20 bits per heavy atom. The number of rotatable bonds is 3. The van der Waals surface area contributed by atoms with Crippen molar-refractivity contribution in [2.24, 2.45) is 5.92 Å². The van der Waals surface area contributed by atoms with Crippen LogP contribution in [0.25, 0.3) is 0 Å². The fraction of sp³-hybridized carbons (Fsp3) is 0.500. The highest BCUT2D eigenvalue weighted by Crippen LogP contribution is 2.41. The van der Waals surface area contributed by atoms with E-state index >= 15 is 0 Å². The summed E-state index contributed by atoms with van der Waals surface area (Å²) in [5, 5.41) is 9.77. The van der Waals surface area contributed by atoms with Crippen molar-refractivity contribution < 1.29 is 13.9 Å². The van der Waals surface area contributed by atoms with Crippen LogP contribution in [0.1, 0.15) is 37.0 Å². The van der Waals surface area contributed by atoms with E-state index in [0.29, 0.717) is 5.92 Å². The van der Waals surface area contributed by atoms with E-state index in [1.165, 1.54) is 12.1 Å². The molecule has 1 atom stereocenters. The molecule has 1 nitrogen and oxygen atoms in total. The van der Waals surface area contributed by atoms with E-state index in [1.807, 2.05) is 0 Å². The summed E-state index contributed by atoms with van der Waals surface area (Å²) in [6.45, 7) is 0.874. The minimum Gasteiger partial charge on any atom is -0.388 e. The van der Waals surface area contributed by atoms with Crippen molar-refractivity contribution in [3.63, 3.8) is 0 Å². The van der Waals surface area contributed by atoms with Gasteiger partial charge in [-0.3, -0.25) is 0 Å². The van der Waals surface area contributed by atoms with Crippen molar-refractivity contribution in [3.8, 4) is 0 Å². The lowest BCUT2D eigenvalue weighted by Crippen LogP contribution is -2.07. The van der Waals surface area contributed by atoms with E-state index in [0.717, 1.165) is 25.3 Å². The molecule has 0 aliphatic heterocycles. The smallest absolute Gasteiger partial charge is 0.270 e. The number of aliphatic hydroxyl groups is 1. The largest absolute Gasteiger partial charge is 0.388 e. The average Bonchev–Trinajstić information content (AvgIpc) is 2.99. The van der Waals surface area contributed by atoms with Crippen LogP contribution in [0, 0.1) is 5.92 Å². The van der Waals surface area contributed by atoms with Gasteiger partial charge in [0.1, 0.15) is 0 Å². The molecule has 1 fully saturated rings. The second kappa shape index (κ2) is 3.56. The quantitative estimate of drug-likeness (QED) is 0.815. The summed E-state index contributed by atoms with van der Waals surface area (Å²) in [4.78, 5) is 0. The van der Waals surface area contributed by atoms with E-state index in [2.05, 4.69) is 0 Å². The van der Waals surface area contributed by atoms with Crippen LogP contribution in [0.3, 0.4) is 0 Å². The first kappa shape index (κ1) is 10.6. The molecule has 0 saturated heterocycles. The Morgan fingerprint density at radius 1 is 1.27 bits per heavy atom. The molecule has 0 bridgehead atoms. The van der Waals surface area contributed by atoms with Gasteiger partial charge in [0, 0.05) is 12.5 Å². The lowest BCUT2D eigenvalue weighted by atomic mass is 10.0. The highest BCUT2D eigenvalue weighted by atomic mass is 19.3. The molecule has 0 aromatic heterocycles. The third-order valence-corrected chi connectivity index (χ3v) is 2.83. The van der Waals surface area contributed by atoms with Crippen LogP contribution < -0.4 is 0 Å². The molecular weight excluding hydrogens is 198 g/mol.